The molecular formula is C22H25FN4O6S. The third kappa shape index (κ3) is 4.74. The van der Waals surface area contributed by atoms with Crippen LogP contribution in [-0.4, -0.2) is 58.5 Å². The lowest BCUT2D eigenvalue weighted by Gasteiger charge is -2.48. The maximum atomic E-state index is 14.8. The predicted molar refractivity (Wildman–Crippen MR) is 126 cm³/mol. The van der Waals surface area contributed by atoms with E-state index in [9.17, 15) is 27.5 Å². The second-order valence-electron chi connectivity index (χ2n) is 8.98. The number of nitrogens with zero attached hydrogens (tertiary/aromatic N) is 3. The van der Waals surface area contributed by atoms with Crippen molar-refractivity contribution in [2.24, 2.45) is 5.73 Å². The van der Waals surface area contributed by atoms with E-state index in [1.165, 1.54) is 12.3 Å². The summed E-state index contributed by atoms with van der Waals surface area (Å²) >= 11 is 0. The molecule has 5 rings (SSSR count). The van der Waals surface area contributed by atoms with Crippen molar-refractivity contribution in [1.29, 1.82) is 0 Å². The molecule has 182 valence electrons. The van der Waals surface area contributed by atoms with E-state index in [2.05, 4.69) is 4.98 Å². The maximum Gasteiger partial charge on any atom is 0.341 e. The minimum absolute atomic E-state index is 0.138. The predicted octanol–water partition coefficient (Wildman–Crippen LogP) is 2.15. The Kier molecular flexibility index (Phi) is 5.86. The zero-order valence-electron chi connectivity index (χ0n) is 18.7. The summed E-state index contributed by atoms with van der Waals surface area (Å²) in [5.74, 6) is -1.68. The molecule has 1 aromatic carbocycles. The van der Waals surface area contributed by atoms with E-state index in [-0.39, 0.29) is 22.5 Å². The van der Waals surface area contributed by atoms with Gasteiger partial charge in [0.1, 0.15) is 17.0 Å². The average Bonchev–Trinajstić information content (AvgIpc) is 3.54. The van der Waals surface area contributed by atoms with Crippen LogP contribution in [0.25, 0.3) is 21.9 Å². The number of rotatable bonds is 4. The Labute approximate surface area is 194 Å². The number of carbonyl (C=O) groups is 1. The van der Waals surface area contributed by atoms with Crippen LogP contribution < -0.4 is 16.1 Å². The molecule has 2 aromatic heterocycles. The van der Waals surface area contributed by atoms with Gasteiger partial charge in [-0.15, -0.1) is 0 Å². The molecule has 1 aliphatic heterocycles. The van der Waals surface area contributed by atoms with E-state index in [1.54, 1.807) is 16.7 Å². The minimum Gasteiger partial charge on any atom is -0.477 e. The molecule has 0 atom stereocenters. The summed E-state index contributed by atoms with van der Waals surface area (Å²) in [6.45, 7) is 3.17. The van der Waals surface area contributed by atoms with Crippen LogP contribution in [0, 0.1) is 5.82 Å². The van der Waals surface area contributed by atoms with Gasteiger partial charge in [-0.1, -0.05) is 6.92 Å². The Balaban J connectivity index is 0.000000499. The lowest BCUT2D eigenvalue weighted by Crippen LogP contribution is -2.67. The van der Waals surface area contributed by atoms with E-state index < -0.39 is 27.3 Å². The SMILES string of the molecule is CCC1(N)CN(c2cc3nc4c(cc3cc2F)c(=O)c(C(=O)O)cn4C2CC2)C1.CS(=O)(=O)O. The molecule has 0 spiro atoms. The Hall–Kier alpha value is -3.09. The maximum absolute atomic E-state index is 14.8. The number of fused-ring (bicyclic) bond motifs is 2. The number of pyridine rings is 2. The van der Waals surface area contributed by atoms with Gasteiger partial charge >= 0.3 is 5.97 Å². The number of hydrogen-bond donors (Lipinski definition) is 3. The lowest BCUT2D eigenvalue weighted by molar-refractivity contribution is 0.0694. The molecule has 34 heavy (non-hydrogen) atoms. The summed E-state index contributed by atoms with van der Waals surface area (Å²) < 4.78 is 42.4. The third-order valence-corrected chi connectivity index (χ3v) is 6.09. The summed E-state index contributed by atoms with van der Waals surface area (Å²) in [4.78, 5) is 30.7. The molecule has 2 aliphatic rings. The zero-order chi connectivity index (χ0) is 25.0. The number of benzene rings is 1. The number of halogens is 1. The first-order valence-corrected chi connectivity index (χ1v) is 12.5. The number of hydrogen-bond acceptors (Lipinski definition) is 7. The molecule has 12 heteroatoms. The smallest absolute Gasteiger partial charge is 0.341 e. The van der Waals surface area contributed by atoms with Crippen LogP contribution in [0.2, 0.25) is 0 Å². The van der Waals surface area contributed by atoms with Gasteiger partial charge in [0.05, 0.1) is 28.4 Å². The minimum atomic E-state index is -3.67. The summed E-state index contributed by atoms with van der Waals surface area (Å²) in [7, 11) is -3.67. The molecule has 3 aromatic rings. The summed E-state index contributed by atoms with van der Waals surface area (Å²) in [6.07, 6.45) is 4.74. The molecule has 3 heterocycles. The molecule has 4 N–H and O–H groups in total. The van der Waals surface area contributed by atoms with Crippen molar-refractivity contribution in [3.05, 3.63) is 46.0 Å². The molecular weight excluding hydrogens is 467 g/mol. The number of nitrogens with two attached hydrogens (primary N) is 1. The first-order valence-electron chi connectivity index (χ1n) is 10.7. The van der Waals surface area contributed by atoms with Gasteiger partial charge in [-0.25, -0.2) is 14.2 Å². The van der Waals surface area contributed by atoms with E-state index in [4.69, 9.17) is 10.3 Å². The molecule has 1 saturated carbocycles. The topological polar surface area (TPSA) is 156 Å². The average molecular weight is 493 g/mol. The molecule has 1 saturated heterocycles. The number of carboxylic acid groups (broad SMARTS) is 1. The van der Waals surface area contributed by atoms with Crippen LogP contribution in [0.3, 0.4) is 0 Å². The van der Waals surface area contributed by atoms with Gasteiger partial charge in [0.25, 0.3) is 10.1 Å². The highest BCUT2D eigenvalue weighted by Gasteiger charge is 2.39. The number of aromatic nitrogens is 2. The highest BCUT2D eigenvalue weighted by atomic mass is 32.2. The van der Waals surface area contributed by atoms with Crippen LogP contribution in [0.1, 0.15) is 42.6 Å². The van der Waals surface area contributed by atoms with Crippen molar-refractivity contribution in [2.75, 3.05) is 24.2 Å². The van der Waals surface area contributed by atoms with Crippen LogP contribution >= 0.6 is 0 Å². The van der Waals surface area contributed by atoms with Gasteiger partial charge in [-0.2, -0.15) is 8.42 Å². The Morgan fingerprint density at radius 1 is 1.29 bits per heavy atom. The third-order valence-electron chi connectivity index (χ3n) is 6.09. The summed E-state index contributed by atoms with van der Waals surface area (Å²) in [5, 5.41) is 10.1. The van der Waals surface area contributed by atoms with Gasteiger partial charge in [-0.05, 0) is 37.5 Å². The molecule has 0 bridgehead atoms. The van der Waals surface area contributed by atoms with Crippen molar-refractivity contribution in [2.45, 2.75) is 37.8 Å². The van der Waals surface area contributed by atoms with E-state index in [0.29, 0.717) is 41.6 Å². The lowest BCUT2D eigenvalue weighted by atomic mass is 9.87. The Bertz CT molecular complexity index is 1470. The first kappa shape index (κ1) is 24.0. The second-order valence-corrected chi connectivity index (χ2v) is 10.4. The van der Waals surface area contributed by atoms with E-state index in [0.717, 1.165) is 19.3 Å². The molecule has 0 radical (unpaired) electrons. The van der Waals surface area contributed by atoms with Gasteiger partial charge in [0.2, 0.25) is 5.43 Å². The molecule has 0 unspecified atom stereocenters. The highest BCUT2D eigenvalue weighted by Crippen LogP contribution is 2.38. The van der Waals surface area contributed by atoms with Crippen molar-refractivity contribution >= 4 is 43.7 Å². The molecule has 0 amide bonds. The quantitative estimate of drug-likeness (QED) is 0.367. The normalized spacial score (nSPS) is 17.3. The van der Waals surface area contributed by atoms with Gasteiger partial charge in [-0.3, -0.25) is 9.35 Å². The highest BCUT2D eigenvalue weighted by molar-refractivity contribution is 7.85. The molecule has 10 nitrogen and oxygen atoms in total. The standard InChI is InChI=1S/C21H21FN4O3.CH4O3S/c1-2-21(23)9-25(10-21)17-7-16-11(6-15(17)22)5-13-18(27)14(20(28)29)8-26(12-3-4-12)19(13)24-16;1-5(2,3)4/h5-8,12H,2-4,9-10,23H2,1H3,(H,28,29);1H3,(H,2,3,4). The largest absolute Gasteiger partial charge is 0.477 e. The van der Waals surface area contributed by atoms with Gasteiger partial charge in [0, 0.05) is 30.7 Å². The summed E-state index contributed by atoms with van der Waals surface area (Å²) in [6, 6.07) is 4.73. The van der Waals surface area contributed by atoms with Crippen LogP contribution in [0.15, 0.2) is 29.2 Å². The van der Waals surface area contributed by atoms with Crippen LogP contribution in [0.4, 0.5) is 10.1 Å². The van der Waals surface area contributed by atoms with Crippen LogP contribution in [0.5, 0.6) is 0 Å². The zero-order valence-corrected chi connectivity index (χ0v) is 19.5. The van der Waals surface area contributed by atoms with Gasteiger partial charge < -0.3 is 20.3 Å². The van der Waals surface area contributed by atoms with Crippen molar-refractivity contribution in [3.8, 4) is 0 Å². The van der Waals surface area contributed by atoms with E-state index >= 15 is 0 Å². The fourth-order valence-corrected chi connectivity index (χ4v) is 4.07. The molecule has 2 fully saturated rings. The van der Waals surface area contributed by atoms with E-state index in [1.807, 2.05) is 11.8 Å². The van der Waals surface area contributed by atoms with Crippen molar-refractivity contribution < 1.29 is 27.3 Å². The number of aromatic carboxylic acids is 1. The monoisotopic (exact) mass is 492 g/mol. The second kappa shape index (κ2) is 8.29. The number of anilines is 1. The van der Waals surface area contributed by atoms with Crippen LogP contribution in [-0.2, 0) is 10.1 Å². The fourth-order valence-electron chi connectivity index (χ4n) is 4.07. The van der Waals surface area contributed by atoms with Gasteiger partial charge in [0.15, 0.2) is 0 Å². The Morgan fingerprint density at radius 3 is 2.44 bits per heavy atom. The summed E-state index contributed by atoms with van der Waals surface area (Å²) in [5.41, 5.74) is 6.49. The fraction of sp³-hybridized carbons (Fsp3) is 0.409. The van der Waals surface area contributed by atoms with Crippen molar-refractivity contribution in [1.82, 2.24) is 9.55 Å². The Morgan fingerprint density at radius 2 is 1.91 bits per heavy atom. The first-order chi connectivity index (χ1) is 15.8. The van der Waals surface area contributed by atoms with Crippen molar-refractivity contribution in [3.63, 3.8) is 0 Å². The number of carboxylic acids is 1. The molecule has 1 aliphatic carbocycles.